The lowest BCUT2D eigenvalue weighted by Crippen LogP contribution is -2.33. The summed E-state index contributed by atoms with van der Waals surface area (Å²) >= 11 is 0. The third-order valence-electron chi connectivity index (χ3n) is 6.72. The van der Waals surface area contributed by atoms with Crippen LogP contribution >= 0.6 is 0 Å². The summed E-state index contributed by atoms with van der Waals surface area (Å²) in [6, 6.07) is 24.4. The predicted octanol–water partition coefficient (Wildman–Crippen LogP) is 7.32. The Labute approximate surface area is 185 Å². The highest BCUT2D eigenvalue weighted by atomic mass is 16.4. The van der Waals surface area contributed by atoms with E-state index in [2.05, 4.69) is 76.2 Å². The van der Waals surface area contributed by atoms with Crippen molar-refractivity contribution in [2.24, 2.45) is 0 Å². The van der Waals surface area contributed by atoms with Gasteiger partial charge in [0, 0.05) is 0 Å². The molecular formula is C29H30O2. The monoisotopic (exact) mass is 410 g/mol. The van der Waals surface area contributed by atoms with Gasteiger partial charge in [0.2, 0.25) is 0 Å². The van der Waals surface area contributed by atoms with Crippen molar-refractivity contribution in [3.8, 4) is 0 Å². The van der Waals surface area contributed by atoms with Gasteiger partial charge in [-0.2, -0.15) is 0 Å². The van der Waals surface area contributed by atoms with Crippen molar-refractivity contribution < 1.29 is 9.90 Å². The molecule has 0 aromatic heterocycles. The standard InChI is InChI=1S/C29H30O2/c1-28(2)16-17-29(3,4)26-19-23(14-15-25(26)28)24(21-8-6-5-7-9-21)18-20-10-12-22(13-11-20)27(30)31/h5-15,18-19H,16-17H2,1-4H3,(H,30,31). The normalized spacial score (nSPS) is 17.1. The van der Waals surface area contributed by atoms with Gasteiger partial charge in [-0.05, 0) is 75.3 Å². The minimum absolute atomic E-state index is 0.145. The lowest BCUT2D eigenvalue weighted by molar-refractivity contribution is 0.0697. The Bertz CT molecular complexity index is 1130. The number of carbonyl (C=O) groups is 1. The van der Waals surface area contributed by atoms with Crippen LogP contribution in [0.2, 0.25) is 0 Å². The molecule has 0 bridgehead atoms. The van der Waals surface area contributed by atoms with E-state index in [9.17, 15) is 9.90 Å². The fourth-order valence-corrected chi connectivity index (χ4v) is 4.60. The average Bonchev–Trinajstić information content (AvgIpc) is 2.76. The lowest BCUT2D eigenvalue weighted by atomic mass is 9.63. The summed E-state index contributed by atoms with van der Waals surface area (Å²) in [5.41, 5.74) is 7.99. The summed E-state index contributed by atoms with van der Waals surface area (Å²) in [5.74, 6) is -0.904. The number of carboxylic acids is 1. The van der Waals surface area contributed by atoms with Crippen molar-refractivity contribution in [1.29, 1.82) is 0 Å². The number of hydrogen-bond donors (Lipinski definition) is 1. The highest BCUT2D eigenvalue weighted by molar-refractivity contribution is 5.93. The Balaban J connectivity index is 1.87. The molecule has 1 aliphatic rings. The molecule has 0 amide bonds. The molecule has 2 nitrogen and oxygen atoms in total. The molecule has 0 saturated heterocycles. The number of benzene rings is 3. The molecule has 1 N–H and O–H groups in total. The maximum atomic E-state index is 11.2. The van der Waals surface area contributed by atoms with Crippen LogP contribution in [-0.4, -0.2) is 11.1 Å². The van der Waals surface area contributed by atoms with E-state index in [1.54, 1.807) is 12.1 Å². The van der Waals surface area contributed by atoms with Gasteiger partial charge in [-0.15, -0.1) is 0 Å². The number of aromatic carboxylic acids is 1. The Morgan fingerprint density at radius 2 is 1.32 bits per heavy atom. The van der Waals surface area contributed by atoms with Crippen molar-refractivity contribution in [2.45, 2.75) is 51.4 Å². The molecule has 0 aliphatic heterocycles. The second-order valence-corrected chi connectivity index (χ2v) is 9.88. The van der Waals surface area contributed by atoms with E-state index < -0.39 is 5.97 Å². The van der Waals surface area contributed by atoms with Gasteiger partial charge >= 0.3 is 5.97 Å². The van der Waals surface area contributed by atoms with Crippen molar-refractivity contribution in [1.82, 2.24) is 0 Å². The molecule has 1 aliphatic carbocycles. The van der Waals surface area contributed by atoms with Crippen LogP contribution < -0.4 is 0 Å². The van der Waals surface area contributed by atoms with Crippen LogP contribution in [0.4, 0.5) is 0 Å². The third kappa shape index (κ3) is 4.20. The zero-order valence-electron chi connectivity index (χ0n) is 18.8. The molecule has 3 aromatic carbocycles. The molecule has 3 aromatic rings. The fourth-order valence-electron chi connectivity index (χ4n) is 4.60. The van der Waals surface area contributed by atoms with Crippen molar-refractivity contribution in [3.63, 3.8) is 0 Å². The van der Waals surface area contributed by atoms with Crippen LogP contribution in [0.5, 0.6) is 0 Å². The van der Waals surface area contributed by atoms with Crippen LogP contribution in [0.25, 0.3) is 11.6 Å². The van der Waals surface area contributed by atoms with Gasteiger partial charge in [-0.25, -0.2) is 4.79 Å². The summed E-state index contributed by atoms with van der Waals surface area (Å²) in [4.78, 5) is 11.2. The third-order valence-corrected chi connectivity index (χ3v) is 6.72. The minimum Gasteiger partial charge on any atom is -0.478 e. The molecule has 0 fully saturated rings. The summed E-state index contributed by atoms with van der Waals surface area (Å²) in [7, 11) is 0. The zero-order chi connectivity index (χ0) is 22.2. The second kappa shape index (κ2) is 7.85. The quantitative estimate of drug-likeness (QED) is 0.457. The van der Waals surface area contributed by atoms with E-state index in [0.29, 0.717) is 5.56 Å². The Kier molecular flexibility index (Phi) is 5.35. The molecule has 0 unspecified atom stereocenters. The maximum Gasteiger partial charge on any atom is 0.335 e. The van der Waals surface area contributed by atoms with Crippen LogP contribution in [0.15, 0.2) is 72.8 Å². The van der Waals surface area contributed by atoms with Gasteiger partial charge in [0.15, 0.2) is 0 Å². The summed E-state index contributed by atoms with van der Waals surface area (Å²) < 4.78 is 0. The highest BCUT2D eigenvalue weighted by Crippen LogP contribution is 2.46. The van der Waals surface area contributed by atoms with Gasteiger partial charge < -0.3 is 5.11 Å². The first-order chi connectivity index (χ1) is 14.7. The largest absolute Gasteiger partial charge is 0.478 e. The molecular weight excluding hydrogens is 380 g/mol. The Morgan fingerprint density at radius 1 is 0.742 bits per heavy atom. The SMILES string of the molecule is CC1(C)CCC(C)(C)c2cc(C(=Cc3ccc(C(=O)O)cc3)c3ccccc3)ccc21. The molecule has 0 atom stereocenters. The number of fused-ring (bicyclic) bond motifs is 1. The Hall–Kier alpha value is -3.13. The van der Waals surface area contributed by atoms with Crippen LogP contribution in [-0.2, 0) is 10.8 Å². The van der Waals surface area contributed by atoms with Crippen molar-refractivity contribution in [3.05, 3.63) is 106 Å². The fraction of sp³-hybridized carbons (Fsp3) is 0.276. The summed E-state index contributed by atoms with van der Waals surface area (Å²) in [5, 5.41) is 9.20. The van der Waals surface area contributed by atoms with Crippen LogP contribution in [0.3, 0.4) is 0 Å². The van der Waals surface area contributed by atoms with Crippen molar-refractivity contribution >= 4 is 17.6 Å². The molecule has 2 heteroatoms. The summed E-state index contributed by atoms with van der Waals surface area (Å²) in [6.45, 7) is 9.39. The molecule has 31 heavy (non-hydrogen) atoms. The van der Waals surface area contributed by atoms with Gasteiger partial charge in [0.25, 0.3) is 0 Å². The average molecular weight is 411 g/mol. The second-order valence-electron chi connectivity index (χ2n) is 9.88. The van der Waals surface area contributed by atoms with E-state index >= 15 is 0 Å². The molecule has 0 radical (unpaired) electrons. The molecule has 158 valence electrons. The first-order valence-corrected chi connectivity index (χ1v) is 10.9. The predicted molar refractivity (Wildman–Crippen MR) is 129 cm³/mol. The van der Waals surface area contributed by atoms with E-state index in [1.807, 2.05) is 18.2 Å². The van der Waals surface area contributed by atoms with E-state index in [4.69, 9.17) is 0 Å². The number of rotatable bonds is 4. The van der Waals surface area contributed by atoms with Gasteiger partial charge in [0.1, 0.15) is 0 Å². The van der Waals surface area contributed by atoms with Gasteiger partial charge in [-0.3, -0.25) is 0 Å². The van der Waals surface area contributed by atoms with E-state index in [1.165, 1.54) is 29.5 Å². The van der Waals surface area contributed by atoms with Gasteiger partial charge in [-0.1, -0.05) is 88.4 Å². The molecule has 0 spiro atoms. The smallest absolute Gasteiger partial charge is 0.335 e. The zero-order valence-corrected chi connectivity index (χ0v) is 18.8. The first-order valence-electron chi connectivity index (χ1n) is 10.9. The van der Waals surface area contributed by atoms with Crippen LogP contribution in [0, 0.1) is 0 Å². The summed E-state index contributed by atoms with van der Waals surface area (Å²) in [6.07, 6.45) is 4.53. The number of hydrogen-bond acceptors (Lipinski definition) is 1. The molecule has 0 saturated carbocycles. The van der Waals surface area contributed by atoms with E-state index in [0.717, 1.165) is 16.7 Å². The molecule has 0 heterocycles. The molecule has 4 rings (SSSR count). The van der Waals surface area contributed by atoms with Gasteiger partial charge in [0.05, 0.1) is 5.56 Å². The minimum atomic E-state index is -0.904. The Morgan fingerprint density at radius 3 is 1.94 bits per heavy atom. The van der Waals surface area contributed by atoms with Crippen LogP contribution in [0.1, 0.15) is 78.7 Å². The maximum absolute atomic E-state index is 11.2. The number of carboxylic acid groups (broad SMARTS) is 1. The van der Waals surface area contributed by atoms with Crippen molar-refractivity contribution in [2.75, 3.05) is 0 Å². The lowest BCUT2D eigenvalue weighted by Gasteiger charge is -2.42. The highest BCUT2D eigenvalue weighted by Gasteiger charge is 2.37. The van der Waals surface area contributed by atoms with E-state index in [-0.39, 0.29) is 10.8 Å². The first kappa shape index (κ1) is 21.1. The topological polar surface area (TPSA) is 37.3 Å².